The van der Waals surface area contributed by atoms with Gasteiger partial charge in [0.15, 0.2) is 5.16 Å². The van der Waals surface area contributed by atoms with Crippen LogP contribution in [0.5, 0.6) is 0 Å². The van der Waals surface area contributed by atoms with Crippen LogP contribution in [-0.4, -0.2) is 32.3 Å². The van der Waals surface area contributed by atoms with Gasteiger partial charge in [0.1, 0.15) is 0 Å². The van der Waals surface area contributed by atoms with E-state index in [9.17, 15) is 14.4 Å². The number of thioether (sulfide) groups is 1. The maximum absolute atomic E-state index is 12.7. The van der Waals surface area contributed by atoms with Gasteiger partial charge in [-0.3, -0.25) is 19.5 Å². The minimum Gasteiger partial charge on any atom is -0.333 e. The van der Waals surface area contributed by atoms with Gasteiger partial charge in [0.05, 0.1) is 16.2 Å². The fourth-order valence-corrected chi connectivity index (χ4v) is 3.24. The van der Waals surface area contributed by atoms with E-state index in [0.717, 1.165) is 11.8 Å². The lowest BCUT2D eigenvalue weighted by Gasteiger charge is -2.21. The third-order valence-corrected chi connectivity index (χ3v) is 4.61. The Labute approximate surface area is 162 Å². The number of hydrogen-bond acceptors (Lipinski definition) is 5. The number of nitrogens with zero attached hydrogens (tertiary/aromatic N) is 2. The molecule has 0 fully saturated rings. The number of nitrogens with one attached hydrogen (secondary N) is 2. The molecule has 0 aliphatic carbocycles. The second-order valence-electron chi connectivity index (χ2n) is 7.07. The summed E-state index contributed by atoms with van der Waals surface area (Å²) in [7, 11) is 0. The van der Waals surface area contributed by atoms with Crippen LogP contribution in [0.15, 0.2) is 46.9 Å². The molecular weight excluding hydrogens is 364 g/mol. The first kappa shape index (κ1) is 20.7. The predicted molar refractivity (Wildman–Crippen MR) is 108 cm³/mol. The average Bonchev–Trinajstić information content (AvgIpc) is 2.56. The van der Waals surface area contributed by atoms with Crippen molar-refractivity contribution in [3.63, 3.8) is 0 Å². The Morgan fingerprint density at radius 2 is 2.00 bits per heavy atom. The van der Waals surface area contributed by atoms with E-state index in [0.29, 0.717) is 16.1 Å². The Bertz CT molecular complexity index is 931. The number of imide groups is 1. The zero-order valence-electron chi connectivity index (χ0n) is 15.9. The van der Waals surface area contributed by atoms with Gasteiger partial charge in [0.25, 0.3) is 5.56 Å². The highest BCUT2D eigenvalue weighted by Crippen LogP contribution is 2.22. The molecule has 1 atom stereocenters. The maximum atomic E-state index is 12.7. The van der Waals surface area contributed by atoms with Crippen LogP contribution in [0, 0.1) is 0 Å². The smallest absolute Gasteiger partial charge is 0.321 e. The normalized spacial score (nSPS) is 12.4. The summed E-state index contributed by atoms with van der Waals surface area (Å²) >= 11 is 1.12. The Hall–Kier alpha value is -2.61. The molecule has 0 saturated carbocycles. The van der Waals surface area contributed by atoms with Crippen LogP contribution in [-0.2, 0) is 11.3 Å². The summed E-state index contributed by atoms with van der Waals surface area (Å²) in [5.74, 6) is -0.464. The van der Waals surface area contributed by atoms with Crippen molar-refractivity contribution in [1.29, 1.82) is 0 Å². The first-order chi connectivity index (χ1) is 12.6. The third kappa shape index (κ3) is 5.43. The standard InChI is InChI=1S/C19H24N4O3S/c1-6-11-23-16(25)13-9-7-8-10-14(13)20-18(23)27-12(2)15(24)21-17(26)22-19(3,4)5/h6-10,12H,1,11H2,2-5H3,(H2,21,22,24,26)/t12-/m0/s1. The van der Waals surface area contributed by atoms with E-state index in [4.69, 9.17) is 0 Å². The van der Waals surface area contributed by atoms with Crippen LogP contribution in [0.1, 0.15) is 27.7 Å². The number of para-hydroxylation sites is 1. The van der Waals surface area contributed by atoms with Crippen molar-refractivity contribution in [2.75, 3.05) is 0 Å². The Morgan fingerprint density at radius 1 is 1.33 bits per heavy atom. The lowest BCUT2D eigenvalue weighted by molar-refractivity contribution is -0.119. The van der Waals surface area contributed by atoms with Gasteiger partial charge in [-0.05, 0) is 39.8 Å². The van der Waals surface area contributed by atoms with Crippen molar-refractivity contribution in [3.05, 3.63) is 47.3 Å². The summed E-state index contributed by atoms with van der Waals surface area (Å²) in [5, 5.41) is 5.26. The molecule has 0 saturated heterocycles. The predicted octanol–water partition coefficient (Wildman–Crippen LogP) is 2.69. The third-order valence-electron chi connectivity index (χ3n) is 3.51. The van der Waals surface area contributed by atoms with Crippen molar-refractivity contribution < 1.29 is 9.59 Å². The van der Waals surface area contributed by atoms with Crippen LogP contribution < -0.4 is 16.2 Å². The lowest BCUT2D eigenvalue weighted by Crippen LogP contribution is -2.49. The zero-order valence-corrected chi connectivity index (χ0v) is 16.7. The Morgan fingerprint density at radius 3 is 2.63 bits per heavy atom. The quantitative estimate of drug-likeness (QED) is 0.467. The molecule has 1 heterocycles. The van der Waals surface area contributed by atoms with Gasteiger partial charge in [0.2, 0.25) is 5.91 Å². The molecule has 7 nitrogen and oxygen atoms in total. The second-order valence-corrected chi connectivity index (χ2v) is 8.38. The van der Waals surface area contributed by atoms with E-state index < -0.39 is 22.7 Å². The van der Waals surface area contributed by atoms with E-state index >= 15 is 0 Å². The summed E-state index contributed by atoms with van der Waals surface area (Å²) < 4.78 is 1.47. The van der Waals surface area contributed by atoms with Gasteiger partial charge < -0.3 is 5.32 Å². The number of hydrogen-bond donors (Lipinski definition) is 2. The fraction of sp³-hybridized carbons (Fsp3) is 0.368. The minimum absolute atomic E-state index is 0.193. The molecule has 0 unspecified atom stereocenters. The van der Waals surface area contributed by atoms with Crippen LogP contribution >= 0.6 is 11.8 Å². The summed E-state index contributed by atoms with van der Waals surface area (Å²) in [5.41, 5.74) is -0.0880. The molecule has 27 heavy (non-hydrogen) atoms. The van der Waals surface area contributed by atoms with Crippen LogP contribution in [0.4, 0.5) is 4.79 Å². The molecule has 0 aliphatic heterocycles. The van der Waals surface area contributed by atoms with Gasteiger partial charge in [-0.1, -0.05) is 30.0 Å². The molecule has 3 amide bonds. The first-order valence-electron chi connectivity index (χ1n) is 8.52. The number of aromatic nitrogens is 2. The molecule has 2 aromatic rings. The van der Waals surface area contributed by atoms with Crippen LogP contribution in [0.3, 0.4) is 0 Å². The highest BCUT2D eigenvalue weighted by atomic mass is 32.2. The largest absolute Gasteiger partial charge is 0.333 e. The van der Waals surface area contributed by atoms with Crippen molar-refractivity contribution in [3.8, 4) is 0 Å². The minimum atomic E-state index is -0.625. The first-order valence-corrected chi connectivity index (χ1v) is 9.40. The maximum Gasteiger partial charge on any atom is 0.321 e. The number of carbonyl (C=O) groups is 2. The fourth-order valence-electron chi connectivity index (χ4n) is 2.32. The average molecular weight is 388 g/mol. The summed E-state index contributed by atoms with van der Waals surface area (Å²) in [6.45, 7) is 11.1. The van der Waals surface area contributed by atoms with Gasteiger partial charge in [-0.25, -0.2) is 9.78 Å². The van der Waals surface area contributed by atoms with Crippen molar-refractivity contribution >= 4 is 34.6 Å². The number of carbonyl (C=O) groups excluding carboxylic acids is 2. The van der Waals surface area contributed by atoms with Crippen molar-refractivity contribution in [2.45, 2.75) is 50.2 Å². The lowest BCUT2D eigenvalue weighted by atomic mass is 10.1. The molecule has 1 aromatic heterocycles. The molecule has 1 aromatic carbocycles. The molecule has 144 valence electrons. The van der Waals surface area contributed by atoms with Gasteiger partial charge in [0, 0.05) is 12.1 Å². The van der Waals surface area contributed by atoms with Gasteiger partial charge in [-0.2, -0.15) is 0 Å². The molecule has 8 heteroatoms. The number of rotatable bonds is 5. The van der Waals surface area contributed by atoms with E-state index in [2.05, 4.69) is 22.2 Å². The number of urea groups is 1. The van der Waals surface area contributed by atoms with Gasteiger partial charge >= 0.3 is 6.03 Å². The molecule has 0 aliphatic rings. The number of amides is 3. The molecule has 2 N–H and O–H groups in total. The van der Waals surface area contributed by atoms with Crippen LogP contribution in [0.2, 0.25) is 0 Å². The Balaban J connectivity index is 2.25. The van der Waals surface area contributed by atoms with Crippen molar-refractivity contribution in [1.82, 2.24) is 20.2 Å². The summed E-state index contributed by atoms with van der Waals surface area (Å²) in [6, 6.07) is 6.48. The highest BCUT2D eigenvalue weighted by molar-refractivity contribution is 8.00. The molecule has 2 rings (SSSR count). The highest BCUT2D eigenvalue weighted by Gasteiger charge is 2.22. The van der Waals surface area contributed by atoms with E-state index in [-0.39, 0.29) is 12.1 Å². The van der Waals surface area contributed by atoms with Crippen molar-refractivity contribution in [2.24, 2.45) is 0 Å². The van der Waals surface area contributed by atoms with E-state index in [1.807, 2.05) is 20.8 Å². The van der Waals surface area contributed by atoms with Gasteiger partial charge in [-0.15, -0.1) is 6.58 Å². The monoisotopic (exact) mass is 388 g/mol. The molecular formula is C19H24N4O3S. The summed E-state index contributed by atoms with van der Waals surface area (Å²) in [6.07, 6.45) is 1.60. The SMILES string of the molecule is C=CCn1c(S[C@@H](C)C(=O)NC(=O)NC(C)(C)C)nc2ccccc2c1=O. The number of allylic oxidation sites excluding steroid dienone is 1. The van der Waals surface area contributed by atoms with Crippen LogP contribution in [0.25, 0.3) is 10.9 Å². The number of fused-ring (bicyclic) bond motifs is 1. The number of benzene rings is 1. The molecule has 0 bridgehead atoms. The zero-order chi connectivity index (χ0) is 20.2. The topological polar surface area (TPSA) is 93.1 Å². The molecule has 0 spiro atoms. The second kappa shape index (κ2) is 8.39. The summed E-state index contributed by atoms with van der Waals surface area (Å²) in [4.78, 5) is 41.5. The van der Waals surface area contributed by atoms with E-state index in [1.165, 1.54) is 4.57 Å². The Kier molecular flexibility index (Phi) is 6.43. The van der Waals surface area contributed by atoms with E-state index in [1.54, 1.807) is 37.3 Å². The molecule has 0 radical (unpaired) electrons.